The predicted molar refractivity (Wildman–Crippen MR) is 102 cm³/mol. The Balaban J connectivity index is 1.43. The molecule has 2 bridgehead atoms. The minimum absolute atomic E-state index is 0.0104. The van der Waals surface area contributed by atoms with Crippen molar-refractivity contribution in [2.75, 3.05) is 12.9 Å². The zero-order chi connectivity index (χ0) is 19.4. The molecule has 0 saturated carbocycles. The van der Waals surface area contributed by atoms with E-state index < -0.39 is 9.84 Å². The topological polar surface area (TPSA) is 72.9 Å². The summed E-state index contributed by atoms with van der Waals surface area (Å²) >= 11 is 0. The minimum atomic E-state index is -3.06. The van der Waals surface area contributed by atoms with Crippen LogP contribution in [0.2, 0.25) is 0 Å². The number of sulfone groups is 1. The predicted octanol–water partition coefficient (Wildman–Crippen LogP) is 2.35. The Morgan fingerprint density at radius 3 is 2.56 bits per heavy atom. The average Bonchev–Trinajstić information content (AvgIpc) is 3.03. The molecule has 0 aliphatic carbocycles. The van der Waals surface area contributed by atoms with Gasteiger partial charge in [-0.1, -0.05) is 12.1 Å². The second-order valence-corrected chi connectivity index (χ2v) is 11.0. The summed E-state index contributed by atoms with van der Waals surface area (Å²) in [6.07, 6.45) is 4.95. The molecule has 2 atom stereocenters. The van der Waals surface area contributed by atoms with Gasteiger partial charge in [-0.2, -0.15) is 0 Å². The van der Waals surface area contributed by atoms with Gasteiger partial charge in [0.25, 0.3) is 5.91 Å². The highest BCUT2D eigenvalue weighted by molar-refractivity contribution is 7.91. The van der Waals surface area contributed by atoms with Gasteiger partial charge >= 0.3 is 0 Å². The number of piperidine rings is 1. The second-order valence-electron chi connectivity index (χ2n) is 8.68. The van der Waals surface area contributed by atoms with E-state index in [1.54, 1.807) is 0 Å². The Hall–Kier alpha value is -1.76. The van der Waals surface area contributed by atoms with Crippen LogP contribution >= 0.6 is 0 Å². The molecule has 148 valence electrons. The number of carbonyl (C=O) groups excluding carboxylic acids is 1. The Bertz CT molecular complexity index is 849. The van der Waals surface area contributed by atoms with Gasteiger partial charge in [-0.15, -0.1) is 0 Å². The van der Waals surface area contributed by atoms with Crippen molar-refractivity contribution >= 4 is 15.7 Å². The Labute approximate surface area is 160 Å². The molecule has 0 spiro atoms. The highest BCUT2D eigenvalue weighted by atomic mass is 32.2. The van der Waals surface area contributed by atoms with E-state index >= 15 is 0 Å². The summed E-state index contributed by atoms with van der Waals surface area (Å²) in [4.78, 5) is 14.7. The average molecular weight is 394 g/mol. The zero-order valence-corrected chi connectivity index (χ0v) is 16.9. The van der Waals surface area contributed by atoms with Gasteiger partial charge in [0.15, 0.2) is 18.1 Å². The normalized spacial score (nSPS) is 28.6. The molecule has 27 heavy (non-hydrogen) atoms. The zero-order valence-electron chi connectivity index (χ0n) is 16.1. The summed E-state index contributed by atoms with van der Waals surface area (Å²) in [5, 5.41) is -0.326. The lowest BCUT2D eigenvalue weighted by Gasteiger charge is -2.38. The number of benzene rings is 1. The third kappa shape index (κ3) is 3.53. The molecule has 0 N–H and O–H groups in total. The number of para-hydroxylation sites is 1. The number of hydrogen-bond acceptors (Lipinski definition) is 5. The van der Waals surface area contributed by atoms with Crippen LogP contribution in [-0.2, 0) is 21.1 Å². The fourth-order valence-electron chi connectivity index (χ4n) is 4.80. The lowest BCUT2D eigenvalue weighted by molar-refractivity contribution is -0.137. The first-order valence-electron chi connectivity index (χ1n) is 9.58. The van der Waals surface area contributed by atoms with Gasteiger partial charge in [-0.25, -0.2) is 8.42 Å². The molecule has 3 aliphatic rings. The standard InChI is InChI=1S/C20H27NO5S/c1-20(2)11-13-5-4-6-17(19(13)26-20)25-12-18(22)21-14-7-8-15(21)10-16(9-14)27(3,23)24/h4-6,14-16H,7-12H2,1-3H3. The van der Waals surface area contributed by atoms with E-state index in [1.807, 2.05) is 36.9 Å². The number of rotatable bonds is 4. The Morgan fingerprint density at radius 1 is 1.26 bits per heavy atom. The highest BCUT2D eigenvalue weighted by Gasteiger charge is 2.46. The molecule has 0 aromatic heterocycles. The Morgan fingerprint density at radius 2 is 1.93 bits per heavy atom. The Kier molecular flexibility index (Phi) is 4.41. The first-order valence-corrected chi connectivity index (χ1v) is 11.5. The van der Waals surface area contributed by atoms with Crippen LogP contribution < -0.4 is 9.47 Å². The van der Waals surface area contributed by atoms with Gasteiger partial charge in [0.05, 0.1) is 5.25 Å². The van der Waals surface area contributed by atoms with Crippen LogP contribution in [-0.4, -0.2) is 55.0 Å². The number of ether oxygens (including phenoxy) is 2. The molecule has 1 amide bonds. The molecule has 2 saturated heterocycles. The van der Waals surface area contributed by atoms with Crippen LogP contribution in [0.5, 0.6) is 11.5 Å². The smallest absolute Gasteiger partial charge is 0.261 e. The molecule has 0 radical (unpaired) electrons. The van der Waals surface area contributed by atoms with E-state index in [9.17, 15) is 13.2 Å². The lowest BCUT2D eigenvalue weighted by atomic mass is 10.0. The summed E-state index contributed by atoms with van der Waals surface area (Å²) in [5.41, 5.74) is 0.831. The number of hydrogen-bond donors (Lipinski definition) is 0. The maximum atomic E-state index is 12.8. The van der Waals surface area contributed by atoms with Crippen molar-refractivity contribution in [2.24, 2.45) is 0 Å². The van der Waals surface area contributed by atoms with Gasteiger partial charge in [0, 0.05) is 30.3 Å². The first kappa shape index (κ1) is 18.6. The SMILES string of the molecule is CC1(C)Cc2cccc(OCC(=O)N3C4CCC3CC(S(C)(=O)=O)C4)c2O1. The van der Waals surface area contributed by atoms with Crippen molar-refractivity contribution in [1.82, 2.24) is 4.90 Å². The summed E-state index contributed by atoms with van der Waals surface area (Å²) < 4.78 is 35.7. The number of amides is 1. The molecule has 1 aromatic rings. The molecule has 3 aliphatic heterocycles. The molecule has 2 unspecified atom stereocenters. The van der Waals surface area contributed by atoms with Crippen molar-refractivity contribution in [2.45, 2.75) is 68.9 Å². The van der Waals surface area contributed by atoms with Gasteiger partial charge < -0.3 is 14.4 Å². The number of nitrogens with zero attached hydrogens (tertiary/aromatic N) is 1. The van der Waals surface area contributed by atoms with Crippen molar-refractivity contribution in [3.05, 3.63) is 23.8 Å². The molecular weight excluding hydrogens is 366 g/mol. The van der Waals surface area contributed by atoms with Crippen molar-refractivity contribution in [3.8, 4) is 11.5 Å². The molecule has 7 heteroatoms. The van der Waals surface area contributed by atoms with E-state index in [2.05, 4.69) is 0 Å². The minimum Gasteiger partial charge on any atom is -0.483 e. The number of fused-ring (bicyclic) bond motifs is 3. The largest absolute Gasteiger partial charge is 0.483 e. The fraction of sp³-hybridized carbons (Fsp3) is 0.650. The van der Waals surface area contributed by atoms with Crippen molar-refractivity contribution in [3.63, 3.8) is 0 Å². The third-order valence-electron chi connectivity index (χ3n) is 5.99. The summed E-state index contributed by atoms with van der Waals surface area (Å²) in [5.74, 6) is 1.27. The molecule has 2 fully saturated rings. The van der Waals surface area contributed by atoms with Crippen molar-refractivity contribution < 1.29 is 22.7 Å². The summed E-state index contributed by atoms with van der Waals surface area (Å²) in [6, 6.07) is 5.80. The highest BCUT2D eigenvalue weighted by Crippen LogP contribution is 2.42. The van der Waals surface area contributed by atoms with Crippen LogP contribution in [0.1, 0.15) is 45.1 Å². The molecule has 4 rings (SSSR count). The third-order valence-corrected chi connectivity index (χ3v) is 7.59. The van der Waals surface area contributed by atoms with Crippen LogP contribution in [0.4, 0.5) is 0 Å². The van der Waals surface area contributed by atoms with E-state index in [0.717, 1.165) is 30.6 Å². The van der Waals surface area contributed by atoms with E-state index in [0.29, 0.717) is 18.6 Å². The van der Waals surface area contributed by atoms with E-state index in [4.69, 9.17) is 9.47 Å². The maximum Gasteiger partial charge on any atom is 0.261 e. The van der Waals surface area contributed by atoms with Crippen LogP contribution in [0.3, 0.4) is 0 Å². The summed E-state index contributed by atoms with van der Waals surface area (Å²) in [7, 11) is -3.06. The molecule has 3 heterocycles. The van der Waals surface area contributed by atoms with Gasteiger partial charge in [0.2, 0.25) is 0 Å². The van der Waals surface area contributed by atoms with Crippen molar-refractivity contribution in [1.29, 1.82) is 0 Å². The molecule has 6 nitrogen and oxygen atoms in total. The van der Waals surface area contributed by atoms with Gasteiger partial charge in [0.1, 0.15) is 15.4 Å². The van der Waals surface area contributed by atoms with Crippen LogP contribution in [0.15, 0.2) is 18.2 Å². The van der Waals surface area contributed by atoms with E-state index in [-0.39, 0.29) is 35.4 Å². The van der Waals surface area contributed by atoms with Gasteiger partial charge in [-0.3, -0.25) is 4.79 Å². The van der Waals surface area contributed by atoms with Gasteiger partial charge in [-0.05, 0) is 45.6 Å². The first-order chi connectivity index (χ1) is 12.6. The van der Waals surface area contributed by atoms with Crippen LogP contribution in [0, 0.1) is 0 Å². The summed E-state index contributed by atoms with van der Waals surface area (Å²) in [6.45, 7) is 4.02. The van der Waals surface area contributed by atoms with E-state index in [1.165, 1.54) is 6.26 Å². The lowest BCUT2D eigenvalue weighted by Crippen LogP contribution is -2.51. The number of carbonyl (C=O) groups is 1. The second kappa shape index (κ2) is 6.40. The van der Waals surface area contributed by atoms with Crippen LogP contribution in [0.25, 0.3) is 0 Å². The quantitative estimate of drug-likeness (QED) is 0.785. The fourth-order valence-corrected chi connectivity index (χ4v) is 5.94. The maximum absolute atomic E-state index is 12.8. The molecule has 1 aromatic carbocycles. The monoisotopic (exact) mass is 393 g/mol. The molecular formula is C20H27NO5S.